The molecule has 0 atom stereocenters. The first-order valence-corrected chi connectivity index (χ1v) is 10.4. The lowest BCUT2D eigenvalue weighted by atomic mass is 9.91. The molecule has 0 spiro atoms. The highest BCUT2D eigenvalue weighted by atomic mass is 16.5. The van der Waals surface area contributed by atoms with Gasteiger partial charge in [-0.25, -0.2) is 0 Å². The number of para-hydroxylation sites is 1. The second-order valence-corrected chi connectivity index (χ2v) is 8.58. The molecule has 0 aliphatic rings. The van der Waals surface area contributed by atoms with Crippen LogP contribution in [-0.2, 0) is 19.1 Å². The highest BCUT2D eigenvalue weighted by Crippen LogP contribution is 2.29. The predicted octanol–water partition coefficient (Wildman–Crippen LogP) is 5.36. The minimum Gasteiger partial charge on any atom is -0.458 e. The number of ketones is 1. The average Bonchev–Trinajstić information content (AvgIpc) is 2.69. The number of carbonyl (C=O) groups is 3. The number of aryl methyl sites for hydroxylation is 2. The summed E-state index contributed by atoms with van der Waals surface area (Å²) in [5.74, 6) is 0.710. The molecule has 2 rings (SSSR count). The van der Waals surface area contributed by atoms with Crippen LogP contribution in [-0.4, -0.2) is 24.3 Å². The van der Waals surface area contributed by atoms with E-state index in [2.05, 4.69) is 5.32 Å². The van der Waals surface area contributed by atoms with Gasteiger partial charge in [0.05, 0.1) is 0 Å². The molecule has 2 aromatic carbocycles. The Kier molecular flexibility index (Phi) is 8.37. The molecule has 0 saturated carbocycles. The molecule has 6 nitrogen and oxygen atoms in total. The topological polar surface area (TPSA) is 81.7 Å². The zero-order valence-corrected chi connectivity index (χ0v) is 18.9. The highest BCUT2D eigenvalue weighted by Gasteiger charge is 2.22. The van der Waals surface area contributed by atoms with Crippen molar-refractivity contribution in [3.05, 3.63) is 53.6 Å². The van der Waals surface area contributed by atoms with Crippen molar-refractivity contribution in [2.75, 3.05) is 11.9 Å². The van der Waals surface area contributed by atoms with Crippen LogP contribution >= 0.6 is 0 Å². The Labute approximate surface area is 183 Å². The van der Waals surface area contributed by atoms with E-state index in [1.807, 2.05) is 32.0 Å². The minimum absolute atomic E-state index is 0.0907. The Morgan fingerprint density at radius 2 is 1.52 bits per heavy atom. The average molecular weight is 426 g/mol. The molecule has 166 valence electrons. The molecule has 0 aromatic heterocycles. The van der Waals surface area contributed by atoms with Crippen LogP contribution in [0.15, 0.2) is 42.5 Å². The molecular weight excluding hydrogens is 394 g/mol. The molecule has 0 bridgehead atoms. The molecule has 6 heteroatoms. The van der Waals surface area contributed by atoms with Crippen LogP contribution in [0.5, 0.6) is 11.5 Å². The Morgan fingerprint density at radius 3 is 2.10 bits per heavy atom. The van der Waals surface area contributed by atoms with Crippen LogP contribution in [0.3, 0.4) is 0 Å². The van der Waals surface area contributed by atoms with Gasteiger partial charge in [-0.2, -0.15) is 0 Å². The molecule has 0 heterocycles. The lowest BCUT2D eigenvalue weighted by Gasteiger charge is -2.16. The second kappa shape index (κ2) is 10.8. The molecular formula is C25H31NO5. The summed E-state index contributed by atoms with van der Waals surface area (Å²) in [6.45, 7) is 9.08. The third-order valence-electron chi connectivity index (χ3n) is 4.75. The Hall–Kier alpha value is -3.15. The number of anilines is 1. The maximum Gasteiger partial charge on any atom is 0.306 e. The molecule has 0 aliphatic carbocycles. The fraction of sp³-hybridized carbons (Fsp3) is 0.400. The van der Waals surface area contributed by atoms with Gasteiger partial charge in [-0.1, -0.05) is 39.0 Å². The van der Waals surface area contributed by atoms with Crippen LogP contribution in [0.25, 0.3) is 0 Å². The maximum absolute atomic E-state index is 12.1. The Bertz CT molecular complexity index is 906. The molecule has 31 heavy (non-hydrogen) atoms. The maximum atomic E-state index is 12.1. The summed E-state index contributed by atoms with van der Waals surface area (Å²) in [7, 11) is 0. The second-order valence-electron chi connectivity index (χ2n) is 8.58. The van der Waals surface area contributed by atoms with Crippen molar-refractivity contribution in [3.63, 3.8) is 0 Å². The molecule has 1 amide bonds. The third kappa shape index (κ3) is 7.89. The number of carbonyl (C=O) groups excluding carboxylic acids is 3. The summed E-state index contributed by atoms with van der Waals surface area (Å²) < 4.78 is 10.9. The van der Waals surface area contributed by atoms with E-state index >= 15 is 0 Å². The van der Waals surface area contributed by atoms with E-state index in [-0.39, 0.29) is 31.1 Å². The molecule has 1 N–H and O–H groups in total. The summed E-state index contributed by atoms with van der Waals surface area (Å²) in [5.41, 5.74) is 2.22. The largest absolute Gasteiger partial charge is 0.458 e. The number of amides is 1. The zero-order chi connectivity index (χ0) is 23.0. The van der Waals surface area contributed by atoms with Gasteiger partial charge >= 0.3 is 5.97 Å². The van der Waals surface area contributed by atoms with E-state index in [0.717, 1.165) is 16.9 Å². The van der Waals surface area contributed by atoms with E-state index < -0.39 is 11.4 Å². The van der Waals surface area contributed by atoms with Crippen molar-refractivity contribution in [1.82, 2.24) is 0 Å². The number of hydrogen-bond donors (Lipinski definition) is 1. The van der Waals surface area contributed by atoms with Crippen molar-refractivity contribution >= 4 is 23.3 Å². The monoisotopic (exact) mass is 425 g/mol. The standard InChI is InChI=1S/C25H31NO5/c1-17-8-6-9-18(2)24(17)31-20-14-12-19(13-15-20)26-22(28)10-7-11-23(29)30-16-21(27)25(3,4)5/h6,8-9,12-15H,7,10-11,16H2,1-5H3,(H,26,28). The quantitative estimate of drug-likeness (QED) is 0.547. The predicted molar refractivity (Wildman–Crippen MR) is 120 cm³/mol. The lowest BCUT2D eigenvalue weighted by Crippen LogP contribution is -2.26. The van der Waals surface area contributed by atoms with Gasteiger partial charge in [-0.05, 0) is 55.7 Å². The number of nitrogens with one attached hydrogen (secondary N) is 1. The van der Waals surface area contributed by atoms with Gasteiger partial charge < -0.3 is 14.8 Å². The number of rotatable bonds is 9. The number of Topliss-reactive ketones (excluding diaryl/α,β-unsaturated/α-hetero) is 1. The summed E-state index contributed by atoms with van der Waals surface area (Å²) in [6.07, 6.45) is 0.624. The highest BCUT2D eigenvalue weighted by molar-refractivity contribution is 5.91. The number of esters is 1. The summed E-state index contributed by atoms with van der Waals surface area (Å²) in [4.78, 5) is 35.6. The van der Waals surface area contributed by atoms with Crippen LogP contribution in [0.1, 0.15) is 51.2 Å². The Morgan fingerprint density at radius 1 is 0.903 bits per heavy atom. The van der Waals surface area contributed by atoms with E-state index in [9.17, 15) is 14.4 Å². The van der Waals surface area contributed by atoms with Gasteiger partial charge in [0, 0.05) is 23.9 Å². The number of hydrogen-bond acceptors (Lipinski definition) is 5. The lowest BCUT2D eigenvalue weighted by molar-refractivity contribution is -0.150. The van der Waals surface area contributed by atoms with Crippen molar-refractivity contribution in [3.8, 4) is 11.5 Å². The van der Waals surface area contributed by atoms with Crippen LogP contribution in [0.2, 0.25) is 0 Å². The van der Waals surface area contributed by atoms with Gasteiger partial charge in [0.15, 0.2) is 12.4 Å². The van der Waals surface area contributed by atoms with Gasteiger partial charge in [0.1, 0.15) is 11.5 Å². The van der Waals surface area contributed by atoms with Crippen molar-refractivity contribution in [1.29, 1.82) is 0 Å². The third-order valence-corrected chi connectivity index (χ3v) is 4.75. The van der Waals surface area contributed by atoms with Crippen LogP contribution < -0.4 is 10.1 Å². The number of ether oxygens (including phenoxy) is 2. The van der Waals surface area contributed by atoms with Crippen LogP contribution in [0, 0.1) is 19.3 Å². The van der Waals surface area contributed by atoms with Crippen molar-refractivity contribution < 1.29 is 23.9 Å². The normalized spacial score (nSPS) is 11.0. The van der Waals surface area contributed by atoms with Crippen LogP contribution in [0.4, 0.5) is 5.69 Å². The van der Waals surface area contributed by atoms with E-state index in [1.54, 1.807) is 45.0 Å². The fourth-order valence-electron chi connectivity index (χ4n) is 2.74. The summed E-state index contributed by atoms with van der Waals surface area (Å²) in [6, 6.07) is 13.1. The van der Waals surface area contributed by atoms with Gasteiger partial charge in [-0.3, -0.25) is 14.4 Å². The molecule has 0 aliphatic heterocycles. The fourth-order valence-corrected chi connectivity index (χ4v) is 2.74. The number of benzene rings is 2. The molecule has 0 fully saturated rings. The van der Waals surface area contributed by atoms with Crippen molar-refractivity contribution in [2.45, 2.75) is 53.9 Å². The van der Waals surface area contributed by atoms with Crippen molar-refractivity contribution in [2.24, 2.45) is 5.41 Å². The van der Waals surface area contributed by atoms with E-state index in [0.29, 0.717) is 17.9 Å². The molecule has 0 saturated heterocycles. The van der Waals surface area contributed by atoms with Gasteiger partial charge in [-0.15, -0.1) is 0 Å². The first-order chi connectivity index (χ1) is 14.6. The molecule has 0 radical (unpaired) electrons. The molecule has 0 unspecified atom stereocenters. The SMILES string of the molecule is Cc1cccc(C)c1Oc1ccc(NC(=O)CCCC(=O)OCC(=O)C(C)(C)C)cc1. The smallest absolute Gasteiger partial charge is 0.306 e. The summed E-state index contributed by atoms with van der Waals surface area (Å²) >= 11 is 0. The first-order valence-electron chi connectivity index (χ1n) is 10.4. The summed E-state index contributed by atoms with van der Waals surface area (Å²) in [5, 5.41) is 2.80. The first kappa shape index (κ1) is 24.1. The molecule has 2 aromatic rings. The minimum atomic E-state index is -0.542. The zero-order valence-electron chi connectivity index (χ0n) is 18.9. The van der Waals surface area contributed by atoms with Gasteiger partial charge in [0.25, 0.3) is 0 Å². The van der Waals surface area contributed by atoms with Gasteiger partial charge in [0.2, 0.25) is 5.91 Å². The Balaban J connectivity index is 1.75. The van der Waals surface area contributed by atoms with E-state index in [1.165, 1.54) is 0 Å². The van der Waals surface area contributed by atoms with E-state index in [4.69, 9.17) is 9.47 Å².